The molecule has 0 saturated carbocycles. The highest BCUT2D eigenvalue weighted by molar-refractivity contribution is 6.46. The van der Waals surface area contributed by atoms with Gasteiger partial charge in [-0.3, -0.25) is 14.6 Å². The van der Waals surface area contributed by atoms with Crippen LogP contribution in [0.25, 0.3) is 5.76 Å². The van der Waals surface area contributed by atoms with Crippen molar-refractivity contribution >= 4 is 17.4 Å². The van der Waals surface area contributed by atoms with Crippen LogP contribution in [0.15, 0.2) is 48.3 Å². The van der Waals surface area contributed by atoms with Crippen LogP contribution in [0.3, 0.4) is 0 Å². The van der Waals surface area contributed by atoms with Crippen LogP contribution >= 0.6 is 0 Å². The van der Waals surface area contributed by atoms with E-state index in [9.17, 15) is 14.7 Å². The standard InChI is InChI=1S/C23H24N2O3/c1-2-12-25-20(18-8-5-11-24-14-18)19(22(27)23(25)28)21(26)17-10-9-15-6-3-4-7-16(15)13-17/h5,8-11,13-14,20,26H,2-4,6-7,12H2,1H3/b21-19-. The second-order valence-corrected chi connectivity index (χ2v) is 7.47. The number of fused-ring (bicyclic) bond motifs is 1. The third kappa shape index (κ3) is 3.11. The molecule has 4 rings (SSSR count). The lowest BCUT2D eigenvalue weighted by Gasteiger charge is -2.24. The number of benzene rings is 1. The highest BCUT2D eigenvalue weighted by Gasteiger charge is 2.45. The molecular weight excluding hydrogens is 352 g/mol. The molecule has 2 aliphatic rings. The van der Waals surface area contributed by atoms with Gasteiger partial charge < -0.3 is 10.0 Å². The van der Waals surface area contributed by atoms with Crippen molar-refractivity contribution in [1.29, 1.82) is 0 Å². The molecule has 1 aliphatic carbocycles. The van der Waals surface area contributed by atoms with E-state index in [1.807, 2.05) is 31.2 Å². The number of carbonyl (C=O) groups excluding carboxylic acids is 2. The van der Waals surface area contributed by atoms with E-state index in [0.29, 0.717) is 12.1 Å². The number of hydrogen-bond donors (Lipinski definition) is 1. The summed E-state index contributed by atoms with van der Waals surface area (Å²) in [5.41, 5.74) is 4.01. The molecular formula is C23H24N2O3. The summed E-state index contributed by atoms with van der Waals surface area (Å²) < 4.78 is 0. The highest BCUT2D eigenvalue weighted by Crippen LogP contribution is 2.39. The fourth-order valence-corrected chi connectivity index (χ4v) is 4.27. The first kappa shape index (κ1) is 18.4. The topological polar surface area (TPSA) is 70.5 Å². The second-order valence-electron chi connectivity index (χ2n) is 7.47. The first-order valence-corrected chi connectivity index (χ1v) is 9.92. The van der Waals surface area contributed by atoms with Gasteiger partial charge in [-0.15, -0.1) is 0 Å². The maximum atomic E-state index is 12.8. The quantitative estimate of drug-likeness (QED) is 0.501. The number of rotatable bonds is 4. The molecule has 144 valence electrons. The number of aliphatic hydroxyl groups excluding tert-OH is 1. The van der Waals surface area contributed by atoms with Crippen LogP contribution in [0.1, 0.15) is 54.5 Å². The molecule has 1 aromatic carbocycles. The number of Topliss-reactive ketones (excluding diaryl/α,β-unsaturated/α-hetero) is 1. The SMILES string of the molecule is CCCN1C(=O)C(=O)/C(=C(\O)c2ccc3c(c2)CCCC3)C1c1cccnc1. The average Bonchev–Trinajstić information content (AvgIpc) is 2.99. The Balaban J connectivity index is 1.84. The van der Waals surface area contributed by atoms with Gasteiger partial charge in [-0.05, 0) is 60.9 Å². The molecule has 1 fully saturated rings. The Morgan fingerprint density at radius 2 is 1.96 bits per heavy atom. The van der Waals surface area contributed by atoms with Crippen molar-refractivity contribution in [2.24, 2.45) is 0 Å². The lowest BCUT2D eigenvalue weighted by molar-refractivity contribution is -0.139. The molecule has 5 nitrogen and oxygen atoms in total. The molecule has 2 aromatic rings. The minimum Gasteiger partial charge on any atom is -0.507 e. The third-order valence-corrected chi connectivity index (χ3v) is 5.63. The fourth-order valence-electron chi connectivity index (χ4n) is 4.27. The monoisotopic (exact) mass is 376 g/mol. The predicted molar refractivity (Wildman–Crippen MR) is 107 cm³/mol. The highest BCUT2D eigenvalue weighted by atomic mass is 16.3. The van der Waals surface area contributed by atoms with Crippen molar-refractivity contribution in [3.8, 4) is 0 Å². The van der Waals surface area contributed by atoms with Gasteiger partial charge in [0.25, 0.3) is 11.7 Å². The zero-order valence-corrected chi connectivity index (χ0v) is 16.0. The minimum atomic E-state index is -0.627. The zero-order chi connectivity index (χ0) is 19.7. The predicted octanol–water partition coefficient (Wildman–Crippen LogP) is 3.79. The van der Waals surface area contributed by atoms with Crippen molar-refractivity contribution in [3.05, 3.63) is 70.6 Å². The van der Waals surface area contributed by atoms with Crippen LogP contribution in [-0.4, -0.2) is 33.2 Å². The summed E-state index contributed by atoms with van der Waals surface area (Å²) in [4.78, 5) is 31.2. The molecule has 0 spiro atoms. The van der Waals surface area contributed by atoms with E-state index in [1.54, 1.807) is 23.4 Å². The molecule has 1 atom stereocenters. The molecule has 0 bridgehead atoms. The maximum Gasteiger partial charge on any atom is 0.295 e. The maximum absolute atomic E-state index is 12.8. The summed E-state index contributed by atoms with van der Waals surface area (Å²) in [5, 5.41) is 11.1. The van der Waals surface area contributed by atoms with Crippen molar-refractivity contribution in [1.82, 2.24) is 9.88 Å². The van der Waals surface area contributed by atoms with Gasteiger partial charge in [0, 0.05) is 24.5 Å². The molecule has 1 amide bonds. The van der Waals surface area contributed by atoms with E-state index < -0.39 is 17.7 Å². The number of nitrogens with zero attached hydrogens (tertiary/aromatic N) is 2. The van der Waals surface area contributed by atoms with Crippen LogP contribution in [0, 0.1) is 0 Å². The van der Waals surface area contributed by atoms with Crippen molar-refractivity contribution in [2.75, 3.05) is 6.54 Å². The van der Waals surface area contributed by atoms with Gasteiger partial charge in [-0.2, -0.15) is 0 Å². The number of aliphatic hydroxyl groups is 1. The van der Waals surface area contributed by atoms with E-state index in [-0.39, 0.29) is 11.3 Å². The molecule has 1 aliphatic heterocycles. The lowest BCUT2D eigenvalue weighted by atomic mass is 9.89. The normalized spacial score (nSPS) is 21.0. The number of likely N-dealkylation sites (tertiary alicyclic amines) is 1. The minimum absolute atomic E-state index is 0.0980. The Bertz CT molecular complexity index is 950. The summed E-state index contributed by atoms with van der Waals surface area (Å²) in [6.45, 7) is 2.41. The first-order valence-electron chi connectivity index (χ1n) is 9.92. The van der Waals surface area contributed by atoms with Crippen LogP contribution < -0.4 is 0 Å². The first-order chi connectivity index (χ1) is 13.6. The van der Waals surface area contributed by atoms with Gasteiger partial charge in [-0.25, -0.2) is 0 Å². The van der Waals surface area contributed by atoms with Gasteiger partial charge in [0.2, 0.25) is 0 Å². The summed E-state index contributed by atoms with van der Waals surface area (Å²) in [6.07, 6.45) is 8.37. The van der Waals surface area contributed by atoms with Crippen molar-refractivity contribution < 1.29 is 14.7 Å². The van der Waals surface area contributed by atoms with E-state index in [4.69, 9.17) is 0 Å². The molecule has 1 N–H and O–H groups in total. The van der Waals surface area contributed by atoms with Gasteiger partial charge >= 0.3 is 0 Å². The molecule has 1 saturated heterocycles. The Kier molecular flexibility index (Phi) is 4.99. The molecule has 2 heterocycles. The number of aromatic nitrogens is 1. The third-order valence-electron chi connectivity index (χ3n) is 5.63. The number of carbonyl (C=O) groups is 2. The zero-order valence-electron chi connectivity index (χ0n) is 16.0. The van der Waals surface area contributed by atoms with Gasteiger partial charge in [0.15, 0.2) is 0 Å². The van der Waals surface area contributed by atoms with Gasteiger partial charge in [0.1, 0.15) is 5.76 Å². The number of amides is 1. The van der Waals surface area contributed by atoms with E-state index in [0.717, 1.165) is 31.2 Å². The van der Waals surface area contributed by atoms with Crippen LogP contribution in [0.5, 0.6) is 0 Å². The second kappa shape index (κ2) is 7.58. The summed E-state index contributed by atoms with van der Waals surface area (Å²) in [5.74, 6) is -1.29. The van der Waals surface area contributed by atoms with Crippen molar-refractivity contribution in [2.45, 2.75) is 45.1 Å². The van der Waals surface area contributed by atoms with E-state index >= 15 is 0 Å². The molecule has 5 heteroatoms. The Morgan fingerprint density at radius 3 is 2.68 bits per heavy atom. The Morgan fingerprint density at radius 1 is 1.18 bits per heavy atom. The Hall–Kier alpha value is -2.95. The summed E-state index contributed by atoms with van der Waals surface area (Å²) >= 11 is 0. The van der Waals surface area contributed by atoms with Gasteiger partial charge in [-0.1, -0.05) is 25.1 Å². The molecule has 1 aromatic heterocycles. The number of ketones is 1. The smallest absolute Gasteiger partial charge is 0.295 e. The molecule has 0 radical (unpaired) electrons. The number of aryl methyl sites for hydroxylation is 2. The van der Waals surface area contributed by atoms with E-state index in [1.165, 1.54) is 17.5 Å². The van der Waals surface area contributed by atoms with Crippen LogP contribution in [-0.2, 0) is 22.4 Å². The van der Waals surface area contributed by atoms with E-state index in [2.05, 4.69) is 4.98 Å². The largest absolute Gasteiger partial charge is 0.507 e. The summed E-state index contributed by atoms with van der Waals surface area (Å²) in [6, 6.07) is 8.87. The van der Waals surface area contributed by atoms with Gasteiger partial charge in [0.05, 0.1) is 11.6 Å². The average molecular weight is 376 g/mol. The van der Waals surface area contributed by atoms with Crippen LogP contribution in [0.4, 0.5) is 0 Å². The lowest BCUT2D eigenvalue weighted by Crippen LogP contribution is -2.30. The molecule has 1 unspecified atom stereocenters. The number of pyridine rings is 1. The number of hydrogen-bond acceptors (Lipinski definition) is 4. The van der Waals surface area contributed by atoms with Crippen LogP contribution in [0.2, 0.25) is 0 Å². The molecule has 28 heavy (non-hydrogen) atoms. The van der Waals surface area contributed by atoms with Crippen molar-refractivity contribution in [3.63, 3.8) is 0 Å². The fraction of sp³-hybridized carbons (Fsp3) is 0.348. The summed E-state index contributed by atoms with van der Waals surface area (Å²) in [7, 11) is 0. The Labute approximate surface area is 164 Å².